The molecule has 0 saturated carbocycles. The minimum Gasteiger partial charge on any atom is -0.456 e. The molecule has 0 aliphatic carbocycles. The van der Waals surface area contributed by atoms with E-state index in [0.29, 0.717) is 10.8 Å². The Hall–Kier alpha value is -3.59. The van der Waals surface area contributed by atoms with Crippen molar-refractivity contribution in [3.63, 3.8) is 0 Å². The highest BCUT2D eigenvalue weighted by Crippen LogP contribution is 2.32. The molecule has 1 amide bonds. The van der Waals surface area contributed by atoms with E-state index in [-0.39, 0.29) is 23.8 Å². The molecule has 3 aromatic rings. The lowest BCUT2D eigenvalue weighted by molar-refractivity contribution is -0.384. The Morgan fingerprint density at radius 3 is 2.63 bits per heavy atom. The van der Waals surface area contributed by atoms with Gasteiger partial charge in [0.1, 0.15) is 6.61 Å². The fourth-order valence-corrected chi connectivity index (χ4v) is 3.68. The van der Waals surface area contributed by atoms with Crippen LogP contribution in [0.1, 0.15) is 34.1 Å². The smallest absolute Gasteiger partial charge is 0.338 e. The van der Waals surface area contributed by atoms with Crippen molar-refractivity contribution >= 4 is 39.7 Å². The number of non-ortho nitro benzene ring substituents is 1. The summed E-state index contributed by atoms with van der Waals surface area (Å²) in [6.07, 6.45) is 0. The predicted molar refractivity (Wildman–Crippen MR) is 113 cm³/mol. The summed E-state index contributed by atoms with van der Waals surface area (Å²) in [6.45, 7) is 5.26. The number of esters is 1. The molecule has 0 atom stereocenters. The van der Waals surface area contributed by atoms with Gasteiger partial charge in [0.05, 0.1) is 21.9 Å². The van der Waals surface area contributed by atoms with Crippen LogP contribution in [-0.2, 0) is 16.1 Å². The summed E-state index contributed by atoms with van der Waals surface area (Å²) in [5, 5.41) is 13.0. The molecule has 0 fully saturated rings. The van der Waals surface area contributed by atoms with Crippen molar-refractivity contribution in [1.29, 1.82) is 0 Å². The second-order valence-corrected chi connectivity index (χ2v) is 7.42. The highest BCUT2D eigenvalue weighted by molar-refractivity contribution is 7.14. The summed E-state index contributed by atoms with van der Waals surface area (Å²) in [4.78, 5) is 40.7. The standard InChI is InChI=1S/C21H19N3O5S/c1-13-6-4-9-19(14(13)2)23(15(3)25)21-22-17(12-30-21)11-29-20(26)16-7-5-8-18(10-16)24(27)28/h4-10,12H,11H2,1-3H3. The second kappa shape index (κ2) is 8.83. The van der Waals surface area contributed by atoms with E-state index in [1.165, 1.54) is 41.4 Å². The van der Waals surface area contributed by atoms with Gasteiger partial charge in [-0.3, -0.25) is 19.8 Å². The van der Waals surface area contributed by atoms with Gasteiger partial charge in [0.15, 0.2) is 5.13 Å². The van der Waals surface area contributed by atoms with Crippen LogP contribution in [0.15, 0.2) is 47.8 Å². The topological polar surface area (TPSA) is 103 Å². The highest BCUT2D eigenvalue weighted by Gasteiger charge is 2.21. The summed E-state index contributed by atoms with van der Waals surface area (Å²) in [6, 6.07) is 11.0. The number of anilines is 2. The van der Waals surface area contributed by atoms with Crippen LogP contribution in [0.4, 0.5) is 16.5 Å². The minimum atomic E-state index is -0.689. The fourth-order valence-electron chi connectivity index (χ4n) is 2.82. The number of aromatic nitrogens is 1. The third kappa shape index (κ3) is 4.52. The number of nitro groups is 1. The maximum Gasteiger partial charge on any atom is 0.338 e. The molecule has 0 N–H and O–H groups in total. The normalized spacial score (nSPS) is 10.5. The van der Waals surface area contributed by atoms with Gasteiger partial charge in [0.25, 0.3) is 5.69 Å². The SMILES string of the molecule is CC(=O)N(c1nc(COC(=O)c2cccc([N+](=O)[O-])c2)cs1)c1cccc(C)c1C. The number of carbonyl (C=O) groups is 2. The van der Waals surface area contributed by atoms with Gasteiger partial charge in [0, 0.05) is 24.4 Å². The number of carbonyl (C=O) groups excluding carboxylic acids is 2. The molecule has 0 radical (unpaired) electrons. The van der Waals surface area contributed by atoms with Crippen LogP contribution in [0, 0.1) is 24.0 Å². The molecular weight excluding hydrogens is 406 g/mol. The van der Waals surface area contributed by atoms with E-state index < -0.39 is 10.9 Å². The van der Waals surface area contributed by atoms with E-state index in [1.54, 1.807) is 5.38 Å². The highest BCUT2D eigenvalue weighted by atomic mass is 32.1. The average molecular weight is 425 g/mol. The molecule has 3 rings (SSSR count). The molecule has 0 aliphatic heterocycles. The van der Waals surface area contributed by atoms with Crippen LogP contribution in [0.5, 0.6) is 0 Å². The van der Waals surface area contributed by atoms with Crippen LogP contribution in [-0.4, -0.2) is 21.8 Å². The van der Waals surface area contributed by atoms with Gasteiger partial charge in [-0.25, -0.2) is 9.78 Å². The molecule has 154 valence electrons. The van der Waals surface area contributed by atoms with Crippen LogP contribution in [0.25, 0.3) is 0 Å². The molecule has 8 nitrogen and oxygen atoms in total. The van der Waals surface area contributed by atoms with E-state index in [0.717, 1.165) is 22.9 Å². The number of nitrogens with zero attached hydrogens (tertiary/aromatic N) is 3. The number of nitro benzene ring substituents is 1. The van der Waals surface area contributed by atoms with Crippen molar-refractivity contribution in [2.24, 2.45) is 0 Å². The number of benzene rings is 2. The van der Waals surface area contributed by atoms with Crippen molar-refractivity contribution in [2.75, 3.05) is 4.90 Å². The Morgan fingerprint density at radius 1 is 1.20 bits per heavy atom. The van der Waals surface area contributed by atoms with Gasteiger partial charge in [-0.15, -0.1) is 11.3 Å². The molecule has 1 heterocycles. The Kier molecular flexibility index (Phi) is 6.22. The van der Waals surface area contributed by atoms with Gasteiger partial charge in [-0.2, -0.15) is 0 Å². The first-order valence-electron chi connectivity index (χ1n) is 9.01. The van der Waals surface area contributed by atoms with E-state index in [2.05, 4.69) is 4.98 Å². The van der Waals surface area contributed by atoms with Gasteiger partial charge < -0.3 is 4.74 Å². The molecule has 9 heteroatoms. The van der Waals surface area contributed by atoms with Gasteiger partial charge in [-0.05, 0) is 37.1 Å². The first kappa shape index (κ1) is 21.1. The van der Waals surface area contributed by atoms with E-state index in [1.807, 2.05) is 32.0 Å². The zero-order chi connectivity index (χ0) is 21.8. The van der Waals surface area contributed by atoms with Gasteiger partial charge in [0.2, 0.25) is 5.91 Å². The number of rotatable bonds is 6. The number of hydrogen-bond donors (Lipinski definition) is 0. The fraction of sp³-hybridized carbons (Fsp3) is 0.190. The molecule has 0 bridgehead atoms. The van der Waals surface area contributed by atoms with Crippen LogP contribution >= 0.6 is 11.3 Å². The summed E-state index contributed by atoms with van der Waals surface area (Å²) < 4.78 is 5.23. The van der Waals surface area contributed by atoms with Crippen LogP contribution < -0.4 is 4.90 Å². The summed E-state index contributed by atoms with van der Waals surface area (Å²) in [7, 11) is 0. The number of thiazole rings is 1. The van der Waals surface area contributed by atoms with E-state index in [4.69, 9.17) is 4.74 Å². The molecular formula is C21H19N3O5S. The number of aryl methyl sites for hydroxylation is 1. The first-order valence-corrected chi connectivity index (χ1v) is 9.88. The van der Waals surface area contributed by atoms with E-state index >= 15 is 0 Å². The zero-order valence-electron chi connectivity index (χ0n) is 16.6. The Labute approximate surface area is 176 Å². The molecule has 30 heavy (non-hydrogen) atoms. The Balaban J connectivity index is 1.76. The van der Waals surface area contributed by atoms with Crippen LogP contribution in [0.2, 0.25) is 0 Å². The predicted octanol–water partition coefficient (Wildman–Crippen LogP) is 4.71. The molecule has 0 unspecified atom stereocenters. The third-order valence-electron chi connectivity index (χ3n) is 4.51. The maximum atomic E-state index is 12.3. The average Bonchev–Trinajstić information content (AvgIpc) is 3.17. The Bertz CT molecular complexity index is 1130. The summed E-state index contributed by atoms with van der Waals surface area (Å²) >= 11 is 1.26. The Morgan fingerprint density at radius 2 is 1.93 bits per heavy atom. The van der Waals surface area contributed by atoms with Crippen molar-refractivity contribution in [2.45, 2.75) is 27.4 Å². The first-order chi connectivity index (χ1) is 14.3. The van der Waals surface area contributed by atoms with E-state index in [9.17, 15) is 19.7 Å². The lowest BCUT2D eigenvalue weighted by atomic mass is 10.1. The summed E-state index contributed by atoms with van der Waals surface area (Å²) in [5.74, 6) is -0.871. The molecule has 0 saturated heterocycles. The lowest BCUT2D eigenvalue weighted by Gasteiger charge is -2.21. The van der Waals surface area contributed by atoms with Crippen molar-refractivity contribution in [3.8, 4) is 0 Å². The van der Waals surface area contributed by atoms with Gasteiger partial charge in [-0.1, -0.05) is 18.2 Å². The zero-order valence-corrected chi connectivity index (χ0v) is 17.4. The lowest BCUT2D eigenvalue weighted by Crippen LogP contribution is -2.23. The third-order valence-corrected chi connectivity index (χ3v) is 5.38. The molecule has 2 aromatic carbocycles. The second-order valence-electron chi connectivity index (χ2n) is 6.58. The van der Waals surface area contributed by atoms with Crippen LogP contribution in [0.3, 0.4) is 0 Å². The largest absolute Gasteiger partial charge is 0.456 e. The summed E-state index contributed by atoms with van der Waals surface area (Å²) in [5.41, 5.74) is 3.15. The van der Waals surface area contributed by atoms with Gasteiger partial charge >= 0.3 is 5.97 Å². The number of hydrogen-bond acceptors (Lipinski definition) is 7. The molecule has 0 aliphatic rings. The number of ether oxygens (including phenoxy) is 1. The minimum absolute atomic E-state index is 0.0837. The maximum absolute atomic E-state index is 12.3. The number of amides is 1. The van der Waals surface area contributed by atoms with Crippen molar-refractivity contribution < 1.29 is 19.2 Å². The van der Waals surface area contributed by atoms with Crippen molar-refractivity contribution in [1.82, 2.24) is 4.98 Å². The monoisotopic (exact) mass is 425 g/mol. The molecule has 0 spiro atoms. The van der Waals surface area contributed by atoms with Crippen molar-refractivity contribution in [3.05, 3.63) is 80.3 Å². The molecule has 1 aromatic heterocycles. The quantitative estimate of drug-likeness (QED) is 0.322.